The Kier molecular flexibility index (Phi) is 8.86. The predicted octanol–water partition coefficient (Wildman–Crippen LogP) is 12.0. The van der Waals surface area contributed by atoms with E-state index in [0.717, 1.165) is 67.0 Å². The number of hydrogen-bond acceptors (Lipinski definition) is 5. The SMILES string of the molecule is c1ccc(-c2cc(-c3cccc(-c4cccc(-c5nc(-c6ccccc6)nc(-c6ccccc6-c6ccccc6)n5)c4)c3)nc(-c3ccccc3)n2)cc1. The number of benzene rings is 7. The van der Waals surface area contributed by atoms with Crippen LogP contribution in [0.1, 0.15) is 0 Å². The molecule has 0 N–H and O–H groups in total. The van der Waals surface area contributed by atoms with Crippen molar-refractivity contribution in [3.8, 4) is 90.3 Å². The molecule has 9 aromatic rings. The van der Waals surface area contributed by atoms with Gasteiger partial charge in [0.05, 0.1) is 11.4 Å². The lowest BCUT2D eigenvalue weighted by Gasteiger charge is -2.13. The molecule has 2 heterocycles. The zero-order valence-electron chi connectivity index (χ0n) is 29.3. The maximum atomic E-state index is 5.12. The minimum absolute atomic E-state index is 0.607. The lowest BCUT2D eigenvalue weighted by Crippen LogP contribution is -2.01. The van der Waals surface area contributed by atoms with E-state index in [0.29, 0.717) is 23.3 Å². The molecule has 0 radical (unpaired) electrons. The van der Waals surface area contributed by atoms with Crippen LogP contribution >= 0.6 is 0 Å². The summed E-state index contributed by atoms with van der Waals surface area (Å²) < 4.78 is 0. The highest BCUT2D eigenvalue weighted by Crippen LogP contribution is 2.34. The Morgan fingerprint density at radius 2 is 0.574 bits per heavy atom. The summed E-state index contributed by atoms with van der Waals surface area (Å²) in [4.78, 5) is 25.2. The predicted molar refractivity (Wildman–Crippen MR) is 219 cm³/mol. The van der Waals surface area contributed by atoms with Gasteiger partial charge in [-0.15, -0.1) is 0 Å². The van der Waals surface area contributed by atoms with Gasteiger partial charge in [-0.2, -0.15) is 0 Å². The molecule has 254 valence electrons. The van der Waals surface area contributed by atoms with Gasteiger partial charge in [0.1, 0.15) is 0 Å². The van der Waals surface area contributed by atoms with E-state index in [9.17, 15) is 0 Å². The second kappa shape index (κ2) is 14.7. The molecule has 7 aromatic carbocycles. The van der Waals surface area contributed by atoms with Crippen molar-refractivity contribution < 1.29 is 0 Å². The summed E-state index contributed by atoms with van der Waals surface area (Å²) in [6, 6.07) is 68.1. The van der Waals surface area contributed by atoms with E-state index in [1.165, 1.54) is 0 Å². The van der Waals surface area contributed by atoms with Gasteiger partial charge in [0, 0.05) is 33.4 Å². The lowest BCUT2D eigenvalue weighted by atomic mass is 9.98. The fourth-order valence-corrected chi connectivity index (χ4v) is 6.65. The first-order valence-corrected chi connectivity index (χ1v) is 17.9. The number of aromatic nitrogens is 5. The highest BCUT2D eigenvalue weighted by atomic mass is 15.0. The molecule has 0 spiro atoms. The zero-order chi connectivity index (χ0) is 36.1. The summed E-state index contributed by atoms with van der Waals surface area (Å²) in [6.45, 7) is 0. The van der Waals surface area contributed by atoms with Crippen molar-refractivity contribution in [3.63, 3.8) is 0 Å². The molecule has 0 saturated heterocycles. The van der Waals surface area contributed by atoms with E-state index in [1.54, 1.807) is 0 Å². The van der Waals surface area contributed by atoms with Gasteiger partial charge in [-0.1, -0.05) is 182 Å². The number of nitrogens with zero attached hydrogens (tertiary/aromatic N) is 5. The average Bonchev–Trinajstić information content (AvgIpc) is 3.27. The second-order valence-corrected chi connectivity index (χ2v) is 12.9. The van der Waals surface area contributed by atoms with Gasteiger partial charge in [-0.25, -0.2) is 24.9 Å². The molecule has 9 rings (SSSR count). The van der Waals surface area contributed by atoms with Crippen LogP contribution < -0.4 is 0 Å². The number of rotatable bonds is 8. The molecule has 5 nitrogen and oxygen atoms in total. The van der Waals surface area contributed by atoms with Crippen molar-refractivity contribution in [2.24, 2.45) is 0 Å². The van der Waals surface area contributed by atoms with Gasteiger partial charge in [0.25, 0.3) is 0 Å². The first-order valence-electron chi connectivity index (χ1n) is 17.9. The molecule has 0 bridgehead atoms. The molecule has 54 heavy (non-hydrogen) atoms. The van der Waals surface area contributed by atoms with Gasteiger partial charge in [-0.3, -0.25) is 0 Å². The first kappa shape index (κ1) is 32.5. The van der Waals surface area contributed by atoms with Crippen LogP contribution in [0.4, 0.5) is 0 Å². The van der Waals surface area contributed by atoms with Crippen LogP contribution in [-0.4, -0.2) is 24.9 Å². The van der Waals surface area contributed by atoms with Crippen LogP contribution in [-0.2, 0) is 0 Å². The fourth-order valence-electron chi connectivity index (χ4n) is 6.65. The Balaban J connectivity index is 1.14. The quantitative estimate of drug-likeness (QED) is 0.159. The average molecular weight is 692 g/mol. The molecule has 0 amide bonds. The van der Waals surface area contributed by atoms with Crippen LogP contribution in [0.25, 0.3) is 90.3 Å². The maximum Gasteiger partial charge on any atom is 0.164 e. The monoisotopic (exact) mass is 691 g/mol. The van der Waals surface area contributed by atoms with E-state index in [4.69, 9.17) is 24.9 Å². The summed E-state index contributed by atoms with van der Waals surface area (Å²) in [5.74, 6) is 2.54. The molecule has 0 atom stereocenters. The van der Waals surface area contributed by atoms with Crippen molar-refractivity contribution >= 4 is 0 Å². The standard InChI is InChI=1S/C49H33N5/c1-5-17-34(18-6-1)42-29-13-14-30-43(42)49-53-47(37-23-11-4-12-24-37)52-48(54-49)41-28-16-26-39(32-41)38-25-15-27-40(31-38)45-33-44(35-19-7-2-8-20-35)50-46(51-45)36-21-9-3-10-22-36/h1-33H. The molecule has 2 aromatic heterocycles. The van der Waals surface area contributed by atoms with Crippen molar-refractivity contribution in [3.05, 3.63) is 200 Å². The fraction of sp³-hybridized carbons (Fsp3) is 0. The Bertz CT molecular complexity index is 2640. The smallest absolute Gasteiger partial charge is 0.164 e. The molecule has 0 aliphatic heterocycles. The normalized spacial score (nSPS) is 11.0. The van der Waals surface area contributed by atoms with Crippen LogP contribution in [0.3, 0.4) is 0 Å². The van der Waals surface area contributed by atoms with Gasteiger partial charge < -0.3 is 0 Å². The van der Waals surface area contributed by atoms with Crippen LogP contribution in [0.15, 0.2) is 200 Å². The Hall–Kier alpha value is -7.37. The van der Waals surface area contributed by atoms with Crippen LogP contribution in [0.2, 0.25) is 0 Å². The minimum atomic E-state index is 0.607. The third kappa shape index (κ3) is 6.82. The molecule has 0 saturated carbocycles. The zero-order valence-corrected chi connectivity index (χ0v) is 29.3. The van der Waals surface area contributed by atoms with Crippen molar-refractivity contribution in [2.45, 2.75) is 0 Å². The van der Waals surface area contributed by atoms with Crippen molar-refractivity contribution in [1.82, 2.24) is 24.9 Å². The Labute approximate surface area is 314 Å². The van der Waals surface area contributed by atoms with Crippen molar-refractivity contribution in [2.75, 3.05) is 0 Å². The van der Waals surface area contributed by atoms with Gasteiger partial charge in [-0.05, 0) is 40.5 Å². The summed E-state index contributed by atoms with van der Waals surface area (Å²) in [5.41, 5.74) is 11.8. The Morgan fingerprint density at radius 3 is 1.17 bits per heavy atom. The molecule has 5 heteroatoms. The highest BCUT2D eigenvalue weighted by Gasteiger charge is 2.17. The topological polar surface area (TPSA) is 64.5 Å². The van der Waals surface area contributed by atoms with E-state index < -0.39 is 0 Å². The first-order chi connectivity index (χ1) is 26.7. The second-order valence-electron chi connectivity index (χ2n) is 12.9. The summed E-state index contributed by atoms with van der Waals surface area (Å²) >= 11 is 0. The van der Waals surface area contributed by atoms with Gasteiger partial charge >= 0.3 is 0 Å². The van der Waals surface area contributed by atoms with E-state index in [2.05, 4.69) is 109 Å². The van der Waals surface area contributed by atoms with E-state index in [-0.39, 0.29) is 0 Å². The molecule has 0 aliphatic carbocycles. The largest absolute Gasteiger partial charge is 0.228 e. The molecule has 0 fully saturated rings. The lowest BCUT2D eigenvalue weighted by molar-refractivity contribution is 1.07. The third-order valence-corrected chi connectivity index (χ3v) is 9.36. The van der Waals surface area contributed by atoms with Crippen LogP contribution in [0.5, 0.6) is 0 Å². The van der Waals surface area contributed by atoms with Crippen LogP contribution in [0, 0.1) is 0 Å². The highest BCUT2D eigenvalue weighted by molar-refractivity contribution is 5.82. The van der Waals surface area contributed by atoms with Gasteiger partial charge in [0.2, 0.25) is 0 Å². The molecule has 0 aliphatic rings. The van der Waals surface area contributed by atoms with Gasteiger partial charge in [0.15, 0.2) is 23.3 Å². The summed E-state index contributed by atoms with van der Waals surface area (Å²) in [5, 5.41) is 0. The minimum Gasteiger partial charge on any atom is -0.228 e. The van der Waals surface area contributed by atoms with E-state index in [1.807, 2.05) is 91.0 Å². The Morgan fingerprint density at radius 1 is 0.204 bits per heavy atom. The molecular formula is C49H33N5. The summed E-state index contributed by atoms with van der Waals surface area (Å²) in [6.07, 6.45) is 0. The molecule has 0 unspecified atom stereocenters. The number of hydrogen-bond donors (Lipinski definition) is 0. The van der Waals surface area contributed by atoms with E-state index >= 15 is 0 Å². The maximum absolute atomic E-state index is 5.12. The third-order valence-electron chi connectivity index (χ3n) is 9.36. The summed E-state index contributed by atoms with van der Waals surface area (Å²) in [7, 11) is 0. The van der Waals surface area contributed by atoms with Crippen molar-refractivity contribution in [1.29, 1.82) is 0 Å². The molecular weight excluding hydrogens is 659 g/mol.